The molecule has 1 fully saturated rings. The van der Waals surface area contributed by atoms with Crippen LogP contribution in [0.15, 0.2) is 24.3 Å². The van der Waals surface area contributed by atoms with Crippen LogP contribution >= 0.6 is 0 Å². The van der Waals surface area contributed by atoms with Crippen molar-refractivity contribution in [1.82, 2.24) is 14.8 Å². The molecule has 0 unspecified atom stereocenters. The first kappa shape index (κ1) is 12.4. The van der Waals surface area contributed by atoms with Crippen LogP contribution in [-0.2, 0) is 0 Å². The van der Waals surface area contributed by atoms with Crippen LogP contribution in [0.3, 0.4) is 0 Å². The van der Waals surface area contributed by atoms with Gasteiger partial charge in [0.25, 0.3) is 5.69 Å². The highest BCUT2D eigenvalue weighted by molar-refractivity contribution is 5.46. The first-order valence-electron chi connectivity index (χ1n) is 6.37. The van der Waals surface area contributed by atoms with Gasteiger partial charge in [-0.15, -0.1) is 5.10 Å². The van der Waals surface area contributed by atoms with E-state index in [0.717, 1.165) is 25.9 Å². The summed E-state index contributed by atoms with van der Waals surface area (Å²) >= 11 is 0. The van der Waals surface area contributed by atoms with E-state index in [1.165, 1.54) is 16.8 Å². The number of rotatable bonds is 3. The van der Waals surface area contributed by atoms with Crippen molar-refractivity contribution in [2.45, 2.75) is 12.8 Å². The number of anilines is 2. The van der Waals surface area contributed by atoms with E-state index in [1.54, 1.807) is 12.1 Å². The van der Waals surface area contributed by atoms with Gasteiger partial charge < -0.3 is 10.6 Å². The number of hydrogen-bond acceptors (Lipinski definition) is 6. The van der Waals surface area contributed by atoms with Crippen LogP contribution in [0.25, 0.3) is 5.69 Å². The quantitative estimate of drug-likeness (QED) is 0.669. The maximum Gasteiger partial charge on any atom is 0.269 e. The summed E-state index contributed by atoms with van der Waals surface area (Å²) in [6, 6.07) is 6.06. The number of aromatic nitrogens is 3. The van der Waals surface area contributed by atoms with E-state index in [0.29, 0.717) is 11.6 Å². The van der Waals surface area contributed by atoms with Gasteiger partial charge in [0.05, 0.1) is 10.6 Å². The van der Waals surface area contributed by atoms with Gasteiger partial charge >= 0.3 is 0 Å². The molecule has 0 spiro atoms. The fourth-order valence-electron chi connectivity index (χ4n) is 2.27. The molecule has 0 radical (unpaired) electrons. The van der Waals surface area contributed by atoms with Crippen LogP contribution in [0, 0.1) is 10.1 Å². The Balaban J connectivity index is 1.91. The average molecular weight is 274 g/mol. The number of nitrogens with two attached hydrogens (primary N) is 1. The Morgan fingerprint density at radius 3 is 2.45 bits per heavy atom. The Bertz CT molecular complexity index is 630. The fraction of sp³-hybridized carbons (Fsp3) is 0.333. The molecule has 1 aliphatic heterocycles. The smallest absolute Gasteiger partial charge is 0.269 e. The van der Waals surface area contributed by atoms with Crippen LogP contribution in [0.5, 0.6) is 0 Å². The minimum Gasteiger partial charge on any atom is -0.368 e. The molecule has 1 saturated heterocycles. The van der Waals surface area contributed by atoms with Gasteiger partial charge in [-0.25, -0.2) is 0 Å². The topological polar surface area (TPSA) is 103 Å². The predicted molar refractivity (Wildman–Crippen MR) is 73.9 cm³/mol. The normalized spacial score (nSPS) is 14.7. The summed E-state index contributed by atoms with van der Waals surface area (Å²) in [5, 5.41) is 15.0. The summed E-state index contributed by atoms with van der Waals surface area (Å²) < 4.78 is 1.50. The van der Waals surface area contributed by atoms with Gasteiger partial charge in [0.1, 0.15) is 0 Å². The molecule has 1 aromatic carbocycles. The zero-order chi connectivity index (χ0) is 14.1. The first-order valence-corrected chi connectivity index (χ1v) is 6.37. The average Bonchev–Trinajstić information content (AvgIpc) is 3.08. The van der Waals surface area contributed by atoms with Crippen molar-refractivity contribution in [2.75, 3.05) is 23.7 Å². The van der Waals surface area contributed by atoms with Gasteiger partial charge in [0.15, 0.2) is 0 Å². The van der Waals surface area contributed by atoms with Crippen molar-refractivity contribution in [3.05, 3.63) is 34.4 Å². The highest BCUT2D eigenvalue weighted by Crippen LogP contribution is 2.21. The molecule has 0 atom stereocenters. The van der Waals surface area contributed by atoms with E-state index in [2.05, 4.69) is 15.0 Å². The first-order chi connectivity index (χ1) is 9.65. The Kier molecular flexibility index (Phi) is 2.97. The molecule has 104 valence electrons. The van der Waals surface area contributed by atoms with E-state index >= 15 is 0 Å². The molecule has 8 nitrogen and oxygen atoms in total. The maximum absolute atomic E-state index is 10.6. The highest BCUT2D eigenvalue weighted by atomic mass is 16.6. The molecular weight excluding hydrogens is 260 g/mol. The number of nitro groups is 1. The van der Waals surface area contributed by atoms with Crippen LogP contribution in [0.1, 0.15) is 12.8 Å². The van der Waals surface area contributed by atoms with E-state index in [-0.39, 0.29) is 11.6 Å². The van der Waals surface area contributed by atoms with Crippen molar-refractivity contribution in [2.24, 2.45) is 0 Å². The van der Waals surface area contributed by atoms with E-state index < -0.39 is 4.92 Å². The van der Waals surface area contributed by atoms with Crippen LogP contribution in [0.4, 0.5) is 17.6 Å². The van der Waals surface area contributed by atoms with Gasteiger partial charge in [-0.3, -0.25) is 10.1 Å². The van der Waals surface area contributed by atoms with Crippen molar-refractivity contribution in [3.63, 3.8) is 0 Å². The molecule has 0 bridgehead atoms. The molecule has 0 aliphatic carbocycles. The van der Waals surface area contributed by atoms with Crippen molar-refractivity contribution in [1.29, 1.82) is 0 Å². The summed E-state index contributed by atoms with van der Waals surface area (Å²) in [7, 11) is 0. The maximum atomic E-state index is 10.6. The van der Waals surface area contributed by atoms with Gasteiger partial charge in [-0.2, -0.15) is 9.67 Å². The Hall–Kier alpha value is -2.64. The van der Waals surface area contributed by atoms with Gasteiger partial charge in [0, 0.05) is 25.2 Å². The number of nitro benzene ring substituents is 1. The largest absolute Gasteiger partial charge is 0.368 e. The molecule has 8 heteroatoms. The predicted octanol–water partition coefficient (Wildman–Crippen LogP) is 1.36. The zero-order valence-electron chi connectivity index (χ0n) is 10.8. The summed E-state index contributed by atoms with van der Waals surface area (Å²) in [5.41, 5.74) is 6.56. The summed E-state index contributed by atoms with van der Waals surface area (Å²) in [4.78, 5) is 16.5. The lowest BCUT2D eigenvalue weighted by Gasteiger charge is -2.10. The van der Waals surface area contributed by atoms with Gasteiger partial charge in [0.2, 0.25) is 11.9 Å². The number of nitrogens with zero attached hydrogens (tertiary/aromatic N) is 5. The number of benzene rings is 1. The lowest BCUT2D eigenvalue weighted by molar-refractivity contribution is -0.384. The fourth-order valence-corrected chi connectivity index (χ4v) is 2.27. The number of non-ortho nitro benzene ring substituents is 1. The highest BCUT2D eigenvalue weighted by Gasteiger charge is 2.18. The number of nitrogen functional groups attached to an aromatic ring is 1. The molecule has 2 heterocycles. The number of hydrogen-bond donors (Lipinski definition) is 1. The third kappa shape index (κ3) is 2.15. The second-order valence-electron chi connectivity index (χ2n) is 4.65. The van der Waals surface area contributed by atoms with Crippen LogP contribution in [0.2, 0.25) is 0 Å². The molecule has 0 amide bonds. The summed E-state index contributed by atoms with van der Waals surface area (Å²) in [6.07, 6.45) is 2.26. The lowest BCUT2D eigenvalue weighted by Crippen LogP contribution is -2.19. The Morgan fingerprint density at radius 2 is 1.85 bits per heavy atom. The second kappa shape index (κ2) is 4.80. The summed E-state index contributed by atoms with van der Waals surface area (Å²) in [5.74, 6) is 0.888. The zero-order valence-corrected chi connectivity index (χ0v) is 10.8. The molecule has 20 heavy (non-hydrogen) atoms. The molecule has 2 N–H and O–H groups in total. The molecule has 3 rings (SSSR count). The molecule has 1 aromatic heterocycles. The minimum atomic E-state index is -0.440. The lowest BCUT2D eigenvalue weighted by atomic mass is 10.3. The third-order valence-corrected chi connectivity index (χ3v) is 3.32. The van der Waals surface area contributed by atoms with Crippen molar-refractivity contribution >= 4 is 17.6 Å². The SMILES string of the molecule is Nc1nc(N2CCCC2)nn1-c1ccc([N+](=O)[O-])cc1. The monoisotopic (exact) mass is 274 g/mol. The minimum absolute atomic E-state index is 0.0344. The third-order valence-electron chi connectivity index (χ3n) is 3.32. The van der Waals surface area contributed by atoms with E-state index in [4.69, 9.17) is 5.73 Å². The van der Waals surface area contributed by atoms with Crippen molar-refractivity contribution in [3.8, 4) is 5.69 Å². The summed E-state index contributed by atoms with van der Waals surface area (Å²) in [6.45, 7) is 1.87. The van der Waals surface area contributed by atoms with Crippen molar-refractivity contribution < 1.29 is 4.92 Å². The van der Waals surface area contributed by atoms with Gasteiger partial charge in [-0.1, -0.05) is 0 Å². The van der Waals surface area contributed by atoms with E-state index in [1.807, 2.05) is 0 Å². The Labute approximate surface area is 115 Å². The molecule has 0 saturated carbocycles. The van der Waals surface area contributed by atoms with Gasteiger partial charge in [-0.05, 0) is 25.0 Å². The Morgan fingerprint density at radius 1 is 1.20 bits per heavy atom. The van der Waals surface area contributed by atoms with E-state index in [9.17, 15) is 10.1 Å². The molecule has 1 aliphatic rings. The second-order valence-corrected chi connectivity index (χ2v) is 4.65. The molecular formula is C12H14N6O2. The standard InChI is InChI=1S/C12H14N6O2/c13-11-14-12(16-7-1-2-8-16)15-17(11)9-3-5-10(6-4-9)18(19)20/h3-6H,1-2,7-8H2,(H2,13,14,15). The molecule has 2 aromatic rings. The van der Waals surface area contributed by atoms with Crippen LogP contribution < -0.4 is 10.6 Å². The van der Waals surface area contributed by atoms with Crippen LogP contribution in [-0.4, -0.2) is 32.8 Å².